The first-order valence-electron chi connectivity index (χ1n) is 3.31. The molecular weight excluding hydrogens is 207 g/mol. The second-order valence-corrected chi connectivity index (χ2v) is 4.69. The van der Waals surface area contributed by atoms with Crippen LogP contribution in [-0.4, -0.2) is 27.4 Å². The van der Waals surface area contributed by atoms with E-state index in [2.05, 4.69) is 0 Å². The van der Waals surface area contributed by atoms with Crippen LogP contribution in [0.25, 0.3) is 0 Å². The molecule has 0 aromatic rings. The molecule has 0 heterocycles. The molecule has 0 aliphatic carbocycles. The highest BCUT2D eigenvalue weighted by molar-refractivity contribution is 8.01. The Morgan fingerprint density at radius 2 is 1.85 bits per heavy atom. The van der Waals surface area contributed by atoms with Crippen molar-refractivity contribution in [3.8, 4) is 0 Å². The van der Waals surface area contributed by atoms with Gasteiger partial charge in [0, 0.05) is 4.75 Å². The summed E-state index contributed by atoms with van der Waals surface area (Å²) in [6, 6.07) is -1.54. The van der Waals surface area contributed by atoms with E-state index in [4.69, 9.17) is 10.8 Å². The Morgan fingerprint density at radius 1 is 1.46 bits per heavy atom. The Labute approximate surface area is 77.5 Å². The van der Waals surface area contributed by atoms with Gasteiger partial charge in [0.1, 0.15) is 6.04 Å². The van der Waals surface area contributed by atoms with Crippen LogP contribution in [0.4, 0.5) is 13.2 Å². The minimum absolute atomic E-state index is 0.410. The first-order chi connectivity index (χ1) is 5.56. The fraction of sp³-hybridized carbons (Fsp3) is 0.833. The van der Waals surface area contributed by atoms with E-state index >= 15 is 0 Å². The lowest BCUT2D eigenvalue weighted by molar-refractivity contribution is -0.139. The Hall–Kier alpha value is -0.430. The van der Waals surface area contributed by atoms with Gasteiger partial charge >= 0.3 is 11.5 Å². The van der Waals surface area contributed by atoms with E-state index in [1.807, 2.05) is 0 Å². The number of carbonyl (C=O) groups is 1. The zero-order valence-electron chi connectivity index (χ0n) is 7.05. The second-order valence-electron chi connectivity index (χ2n) is 2.97. The van der Waals surface area contributed by atoms with Crippen LogP contribution in [0.5, 0.6) is 0 Å². The molecule has 0 aliphatic heterocycles. The van der Waals surface area contributed by atoms with Crippen molar-refractivity contribution in [2.24, 2.45) is 5.73 Å². The maximum atomic E-state index is 11.9. The maximum absolute atomic E-state index is 11.9. The molecule has 0 saturated carbocycles. The summed E-state index contributed by atoms with van der Waals surface area (Å²) >= 11 is -0.410. The summed E-state index contributed by atoms with van der Waals surface area (Å²) in [7, 11) is 0. The van der Waals surface area contributed by atoms with Crippen LogP contribution < -0.4 is 5.73 Å². The van der Waals surface area contributed by atoms with Gasteiger partial charge < -0.3 is 10.8 Å². The van der Waals surface area contributed by atoms with E-state index in [9.17, 15) is 18.0 Å². The second kappa shape index (κ2) is 3.75. The van der Waals surface area contributed by atoms with Gasteiger partial charge in [-0.3, -0.25) is 4.79 Å². The van der Waals surface area contributed by atoms with Gasteiger partial charge in [0.2, 0.25) is 0 Å². The first kappa shape index (κ1) is 12.6. The van der Waals surface area contributed by atoms with Gasteiger partial charge in [-0.15, -0.1) is 0 Å². The van der Waals surface area contributed by atoms with Crippen molar-refractivity contribution < 1.29 is 23.1 Å². The fourth-order valence-corrected chi connectivity index (χ4v) is 1.48. The number of rotatable bonds is 3. The highest BCUT2D eigenvalue weighted by Crippen LogP contribution is 2.41. The number of carboxylic acid groups (broad SMARTS) is 1. The van der Waals surface area contributed by atoms with E-state index in [1.54, 1.807) is 0 Å². The van der Waals surface area contributed by atoms with Gasteiger partial charge in [-0.25, -0.2) is 0 Å². The minimum Gasteiger partial charge on any atom is -0.480 e. The Balaban J connectivity index is 4.48. The molecule has 0 rings (SSSR count). The molecule has 0 bridgehead atoms. The zero-order valence-corrected chi connectivity index (χ0v) is 7.87. The highest BCUT2D eigenvalue weighted by Gasteiger charge is 2.43. The van der Waals surface area contributed by atoms with Crippen LogP contribution in [0.15, 0.2) is 0 Å². The normalized spacial score (nSPS) is 15.5. The third-order valence-corrected chi connectivity index (χ3v) is 2.41. The van der Waals surface area contributed by atoms with Crippen molar-refractivity contribution in [2.75, 3.05) is 0 Å². The third-order valence-electron chi connectivity index (χ3n) is 1.39. The summed E-state index contributed by atoms with van der Waals surface area (Å²) in [5, 5.41) is 8.41. The van der Waals surface area contributed by atoms with Crippen molar-refractivity contribution in [3.63, 3.8) is 0 Å². The quantitative estimate of drug-likeness (QED) is 0.750. The summed E-state index contributed by atoms with van der Waals surface area (Å²) in [5.41, 5.74) is 0.605. The maximum Gasteiger partial charge on any atom is 0.442 e. The predicted octanol–water partition coefficient (Wildman–Crippen LogP) is 1.43. The summed E-state index contributed by atoms with van der Waals surface area (Å²) in [4.78, 5) is 10.3. The molecule has 78 valence electrons. The van der Waals surface area contributed by atoms with Gasteiger partial charge in [-0.1, -0.05) is 0 Å². The van der Waals surface area contributed by atoms with Crippen LogP contribution in [-0.2, 0) is 4.79 Å². The van der Waals surface area contributed by atoms with Crippen LogP contribution in [0, 0.1) is 0 Å². The number of carboxylic acids is 1. The van der Waals surface area contributed by atoms with Crippen LogP contribution in [0.1, 0.15) is 13.8 Å². The average molecular weight is 217 g/mol. The molecule has 0 aliphatic rings. The molecule has 13 heavy (non-hydrogen) atoms. The van der Waals surface area contributed by atoms with E-state index in [-0.39, 0.29) is 0 Å². The molecular formula is C6H10F3NO2S. The smallest absolute Gasteiger partial charge is 0.442 e. The van der Waals surface area contributed by atoms with E-state index in [0.29, 0.717) is 0 Å². The van der Waals surface area contributed by atoms with Crippen LogP contribution in [0.3, 0.4) is 0 Å². The van der Waals surface area contributed by atoms with Gasteiger partial charge in [0.05, 0.1) is 0 Å². The van der Waals surface area contributed by atoms with Gasteiger partial charge in [0.15, 0.2) is 0 Å². The van der Waals surface area contributed by atoms with Gasteiger partial charge in [0.25, 0.3) is 0 Å². The van der Waals surface area contributed by atoms with Crippen molar-refractivity contribution in [1.82, 2.24) is 0 Å². The Bertz CT molecular complexity index is 205. The Kier molecular flexibility index (Phi) is 3.62. The minimum atomic E-state index is -4.48. The topological polar surface area (TPSA) is 63.3 Å². The van der Waals surface area contributed by atoms with Crippen molar-refractivity contribution in [1.29, 1.82) is 0 Å². The molecule has 0 aromatic heterocycles. The van der Waals surface area contributed by atoms with Gasteiger partial charge in [-0.2, -0.15) is 13.2 Å². The fourth-order valence-electron chi connectivity index (χ4n) is 0.659. The average Bonchev–Trinajstić information content (AvgIpc) is 1.80. The molecule has 7 heteroatoms. The zero-order chi connectivity index (χ0) is 10.9. The standard InChI is InChI=1S/C6H10F3NO2S/c1-5(2,3(10)4(11)12)13-6(7,8)9/h3H,10H2,1-2H3,(H,11,12)/t3-/m0/s1. The van der Waals surface area contributed by atoms with Crippen molar-refractivity contribution in [3.05, 3.63) is 0 Å². The monoisotopic (exact) mass is 217 g/mol. The van der Waals surface area contributed by atoms with Gasteiger partial charge in [-0.05, 0) is 25.6 Å². The summed E-state index contributed by atoms with van der Waals surface area (Å²) < 4.78 is 34.1. The molecule has 1 atom stereocenters. The molecule has 3 nitrogen and oxygen atoms in total. The van der Waals surface area contributed by atoms with Crippen molar-refractivity contribution in [2.45, 2.75) is 30.1 Å². The number of hydrogen-bond acceptors (Lipinski definition) is 3. The molecule has 3 N–H and O–H groups in total. The Morgan fingerprint density at radius 3 is 2.08 bits per heavy atom. The molecule has 0 aromatic carbocycles. The number of aliphatic carboxylic acids is 1. The van der Waals surface area contributed by atoms with E-state index in [0.717, 1.165) is 13.8 Å². The molecule has 0 radical (unpaired) electrons. The number of halogens is 3. The summed E-state index contributed by atoms with van der Waals surface area (Å²) in [6.07, 6.45) is 0. The third kappa shape index (κ3) is 4.37. The van der Waals surface area contributed by atoms with E-state index in [1.165, 1.54) is 0 Å². The van der Waals surface area contributed by atoms with E-state index < -0.39 is 34.0 Å². The largest absolute Gasteiger partial charge is 0.480 e. The molecule has 0 fully saturated rings. The number of thioether (sulfide) groups is 1. The van der Waals surface area contributed by atoms with Crippen LogP contribution >= 0.6 is 11.8 Å². The lowest BCUT2D eigenvalue weighted by Crippen LogP contribution is -2.47. The first-order valence-corrected chi connectivity index (χ1v) is 4.13. The molecule has 0 saturated heterocycles. The molecule has 0 spiro atoms. The predicted molar refractivity (Wildman–Crippen MR) is 43.3 cm³/mol. The SMILES string of the molecule is CC(C)(SC(F)(F)F)[C@@H](N)C(=O)O. The van der Waals surface area contributed by atoms with Crippen molar-refractivity contribution >= 4 is 17.7 Å². The number of hydrogen-bond donors (Lipinski definition) is 2. The summed E-state index contributed by atoms with van der Waals surface area (Å²) in [6.45, 7) is 2.29. The van der Waals surface area contributed by atoms with Crippen LogP contribution in [0.2, 0.25) is 0 Å². The number of nitrogens with two attached hydrogens (primary N) is 1. The number of alkyl halides is 3. The molecule has 0 unspecified atom stereocenters. The lowest BCUT2D eigenvalue weighted by Gasteiger charge is -2.28. The highest BCUT2D eigenvalue weighted by atomic mass is 32.2. The molecule has 0 amide bonds. The summed E-state index contributed by atoms with van der Waals surface area (Å²) in [5.74, 6) is -1.44. The lowest BCUT2D eigenvalue weighted by atomic mass is 10.1.